The number of ketones is 1. The first-order valence-corrected chi connectivity index (χ1v) is 10.9. The van der Waals surface area contributed by atoms with Crippen LogP contribution in [0.2, 0.25) is 5.02 Å². The molecule has 1 aliphatic rings. The number of nitrogens with zero attached hydrogens (tertiary/aromatic N) is 1. The van der Waals surface area contributed by atoms with Crippen LogP contribution >= 0.6 is 27.5 Å². The van der Waals surface area contributed by atoms with Crippen LogP contribution in [0.5, 0.6) is 5.75 Å². The maximum atomic E-state index is 13.2. The van der Waals surface area contributed by atoms with Crippen molar-refractivity contribution in [1.82, 2.24) is 4.57 Å². The minimum atomic E-state index is -0.104. The quantitative estimate of drug-likeness (QED) is 0.405. The molecule has 0 N–H and O–H groups in total. The van der Waals surface area contributed by atoms with E-state index in [1.54, 1.807) is 0 Å². The van der Waals surface area contributed by atoms with Crippen molar-refractivity contribution in [3.63, 3.8) is 0 Å². The van der Waals surface area contributed by atoms with Crippen LogP contribution in [0, 0.1) is 5.41 Å². The van der Waals surface area contributed by atoms with Gasteiger partial charge in [0.15, 0.2) is 11.5 Å². The van der Waals surface area contributed by atoms with Gasteiger partial charge in [-0.05, 0) is 55.2 Å². The predicted octanol–water partition coefficient (Wildman–Crippen LogP) is 7.11. The van der Waals surface area contributed by atoms with Crippen LogP contribution in [0.15, 0.2) is 53.0 Å². The van der Waals surface area contributed by atoms with Crippen LogP contribution in [0.1, 0.15) is 43.2 Å². The number of hydrogen-bond acceptors (Lipinski definition) is 2. The second kappa shape index (κ2) is 7.66. The van der Waals surface area contributed by atoms with E-state index in [1.165, 1.54) is 0 Å². The summed E-state index contributed by atoms with van der Waals surface area (Å²) in [5.41, 5.74) is 4.52. The van der Waals surface area contributed by atoms with Crippen molar-refractivity contribution in [2.24, 2.45) is 5.41 Å². The highest BCUT2D eigenvalue weighted by Gasteiger charge is 2.39. The Kier molecular flexibility index (Phi) is 5.34. The first-order valence-electron chi connectivity index (χ1n) is 9.76. The standard InChI is InChI=1S/C24H23BrClNO2/c1-4-29-23-21-19(13-24(2,3)14-20(21)28)27(18-11-9-17(26)10-12-18)22(23)15-5-7-16(25)8-6-15/h5-12H,4,13-14H2,1-3H3. The highest BCUT2D eigenvalue weighted by Crippen LogP contribution is 2.47. The first kappa shape index (κ1) is 20.2. The average molecular weight is 473 g/mol. The van der Waals surface area contributed by atoms with Crippen LogP contribution in [-0.2, 0) is 6.42 Å². The number of aromatic nitrogens is 1. The van der Waals surface area contributed by atoms with Crippen LogP contribution in [-0.4, -0.2) is 17.0 Å². The second-order valence-corrected chi connectivity index (χ2v) is 9.54. The summed E-state index contributed by atoms with van der Waals surface area (Å²) in [7, 11) is 0. The molecule has 0 aliphatic heterocycles. The molecule has 3 aromatic rings. The minimum absolute atomic E-state index is 0.104. The zero-order valence-electron chi connectivity index (χ0n) is 16.8. The van der Waals surface area contributed by atoms with Crippen LogP contribution < -0.4 is 4.74 Å². The van der Waals surface area contributed by atoms with Crippen molar-refractivity contribution in [3.05, 3.63) is 69.3 Å². The molecule has 2 aromatic carbocycles. The van der Waals surface area contributed by atoms with Crippen molar-refractivity contribution in [2.45, 2.75) is 33.6 Å². The summed E-state index contributed by atoms with van der Waals surface area (Å²) in [6.07, 6.45) is 1.32. The van der Waals surface area contributed by atoms with Gasteiger partial charge in [-0.1, -0.05) is 53.5 Å². The molecule has 0 saturated carbocycles. The molecule has 3 nitrogen and oxygen atoms in total. The third kappa shape index (κ3) is 3.76. The van der Waals surface area contributed by atoms with Crippen LogP contribution in [0.4, 0.5) is 0 Å². The van der Waals surface area contributed by atoms with Crippen molar-refractivity contribution in [1.29, 1.82) is 0 Å². The Morgan fingerprint density at radius 3 is 2.34 bits per heavy atom. The lowest BCUT2D eigenvalue weighted by Crippen LogP contribution is -2.28. The van der Waals surface area contributed by atoms with Gasteiger partial charge in [0.2, 0.25) is 0 Å². The number of rotatable bonds is 4. The van der Waals surface area contributed by atoms with Crippen molar-refractivity contribution in [2.75, 3.05) is 6.61 Å². The zero-order valence-corrected chi connectivity index (χ0v) is 19.1. The number of carbonyl (C=O) groups excluding carboxylic acids is 1. The molecule has 1 aromatic heterocycles. The van der Waals surface area contributed by atoms with Crippen molar-refractivity contribution in [3.8, 4) is 22.7 Å². The number of fused-ring (bicyclic) bond motifs is 1. The summed E-state index contributed by atoms with van der Waals surface area (Å²) in [5, 5.41) is 0.682. The molecule has 1 aliphatic carbocycles. The van der Waals surface area contributed by atoms with Crippen molar-refractivity contribution < 1.29 is 9.53 Å². The van der Waals surface area contributed by atoms with Gasteiger partial charge in [-0.3, -0.25) is 4.79 Å². The summed E-state index contributed by atoms with van der Waals surface area (Å²) >= 11 is 9.66. The van der Waals surface area contributed by atoms with Crippen LogP contribution in [0.25, 0.3) is 16.9 Å². The van der Waals surface area contributed by atoms with E-state index in [0.717, 1.165) is 39.1 Å². The van der Waals surface area contributed by atoms with E-state index >= 15 is 0 Å². The average Bonchev–Trinajstić information content (AvgIpc) is 2.96. The summed E-state index contributed by atoms with van der Waals surface area (Å²) in [4.78, 5) is 13.2. The molecule has 150 valence electrons. The first-order chi connectivity index (χ1) is 13.8. The Bertz CT molecular complexity index is 1070. The molecule has 0 amide bonds. The van der Waals surface area contributed by atoms with Crippen molar-refractivity contribution >= 4 is 33.3 Å². The van der Waals surface area contributed by atoms with E-state index in [0.29, 0.717) is 23.8 Å². The number of hydrogen-bond donors (Lipinski definition) is 0. The Morgan fingerprint density at radius 1 is 1.07 bits per heavy atom. The largest absolute Gasteiger partial charge is 0.491 e. The van der Waals surface area contributed by atoms with E-state index in [-0.39, 0.29) is 11.2 Å². The van der Waals surface area contributed by atoms with Crippen LogP contribution in [0.3, 0.4) is 0 Å². The molecule has 0 spiro atoms. The molecule has 4 rings (SSSR count). The normalized spacial score (nSPS) is 15.3. The Balaban J connectivity index is 2.08. The smallest absolute Gasteiger partial charge is 0.169 e. The van der Waals surface area contributed by atoms with E-state index in [2.05, 4.69) is 46.5 Å². The van der Waals surface area contributed by atoms with Gasteiger partial charge in [-0.2, -0.15) is 0 Å². The van der Waals surface area contributed by atoms with E-state index in [9.17, 15) is 4.79 Å². The van der Waals surface area contributed by atoms with Gasteiger partial charge in [-0.25, -0.2) is 0 Å². The monoisotopic (exact) mass is 471 g/mol. The van der Waals surface area contributed by atoms with Gasteiger partial charge in [0.25, 0.3) is 0 Å². The molecule has 0 unspecified atom stereocenters. The molecule has 29 heavy (non-hydrogen) atoms. The molecule has 0 bridgehead atoms. The number of carbonyl (C=O) groups is 1. The summed E-state index contributed by atoms with van der Waals surface area (Å²) in [6, 6.07) is 15.9. The van der Waals surface area contributed by atoms with E-state index < -0.39 is 0 Å². The highest BCUT2D eigenvalue weighted by molar-refractivity contribution is 9.10. The number of benzene rings is 2. The zero-order chi connectivity index (χ0) is 20.8. The maximum absolute atomic E-state index is 13.2. The number of Topliss-reactive ketones (excluding diaryl/α,β-unsaturated/α-hetero) is 1. The molecule has 0 radical (unpaired) electrons. The van der Waals surface area contributed by atoms with Gasteiger partial charge in [0, 0.05) is 32.9 Å². The molecule has 5 heteroatoms. The number of halogens is 2. The fraction of sp³-hybridized carbons (Fsp3) is 0.292. The molecule has 0 saturated heterocycles. The molecule has 0 atom stereocenters. The topological polar surface area (TPSA) is 31.2 Å². The summed E-state index contributed by atoms with van der Waals surface area (Å²) in [6.45, 7) is 6.74. The second-order valence-electron chi connectivity index (χ2n) is 8.19. The lowest BCUT2D eigenvalue weighted by atomic mass is 9.76. The highest BCUT2D eigenvalue weighted by atomic mass is 79.9. The molecular formula is C24H23BrClNO2. The van der Waals surface area contributed by atoms with Gasteiger partial charge in [0.1, 0.15) is 0 Å². The summed E-state index contributed by atoms with van der Waals surface area (Å²) < 4.78 is 9.29. The summed E-state index contributed by atoms with van der Waals surface area (Å²) in [5.74, 6) is 0.825. The Morgan fingerprint density at radius 2 is 1.72 bits per heavy atom. The van der Waals surface area contributed by atoms with E-state index in [1.807, 2.05) is 43.3 Å². The Hall–Kier alpha value is -2.04. The molecule has 1 heterocycles. The van der Waals surface area contributed by atoms with E-state index in [4.69, 9.17) is 16.3 Å². The SMILES string of the molecule is CCOc1c2c(n(-c3ccc(Cl)cc3)c1-c1ccc(Br)cc1)CC(C)(C)CC2=O. The minimum Gasteiger partial charge on any atom is -0.491 e. The van der Waals surface area contributed by atoms with Gasteiger partial charge in [-0.15, -0.1) is 0 Å². The maximum Gasteiger partial charge on any atom is 0.169 e. The molecular weight excluding hydrogens is 450 g/mol. The molecule has 0 fully saturated rings. The fourth-order valence-electron chi connectivity index (χ4n) is 4.12. The lowest BCUT2D eigenvalue weighted by molar-refractivity contribution is 0.0907. The predicted molar refractivity (Wildman–Crippen MR) is 122 cm³/mol. The van der Waals surface area contributed by atoms with Gasteiger partial charge >= 0.3 is 0 Å². The third-order valence-electron chi connectivity index (χ3n) is 5.28. The fourth-order valence-corrected chi connectivity index (χ4v) is 4.51. The van der Waals surface area contributed by atoms with Gasteiger partial charge < -0.3 is 9.30 Å². The van der Waals surface area contributed by atoms with Gasteiger partial charge in [0.05, 0.1) is 17.9 Å². The number of ether oxygens (including phenoxy) is 1. The third-order valence-corrected chi connectivity index (χ3v) is 6.06. The Labute approximate surface area is 184 Å². The lowest BCUT2D eigenvalue weighted by Gasteiger charge is -2.29.